The Kier molecular flexibility index (Phi) is 2.15. The van der Waals surface area contributed by atoms with Crippen LogP contribution in [0.2, 0.25) is 0 Å². The molecule has 1 fully saturated rings. The molecule has 64 valence electrons. The lowest BCUT2D eigenvalue weighted by molar-refractivity contribution is -0.130. The highest BCUT2D eigenvalue weighted by Gasteiger charge is 2.34. The van der Waals surface area contributed by atoms with Crippen LogP contribution in [0.4, 0.5) is 0 Å². The average molecular weight is 158 g/mol. The smallest absolute Gasteiger partial charge is 0.238 e. The first-order valence-electron chi connectivity index (χ1n) is 3.74. The lowest BCUT2D eigenvalue weighted by atomic mass is 10.0. The van der Waals surface area contributed by atoms with Gasteiger partial charge in [-0.2, -0.15) is 0 Å². The van der Waals surface area contributed by atoms with Crippen LogP contribution in [0.15, 0.2) is 0 Å². The molecule has 0 atom stereocenters. The largest absolute Gasteiger partial charge is 0.394 e. The predicted octanol–water partition coefficient (Wildman–Crippen LogP) is -0.506. The number of hydrazine groups is 1. The first kappa shape index (κ1) is 8.49. The number of nitrogens with one attached hydrogen (secondary N) is 1. The van der Waals surface area contributed by atoms with E-state index in [-0.39, 0.29) is 18.1 Å². The van der Waals surface area contributed by atoms with Crippen molar-refractivity contribution in [3.8, 4) is 0 Å². The van der Waals surface area contributed by atoms with Crippen molar-refractivity contribution in [1.29, 1.82) is 0 Å². The number of carbonyl (C=O) groups is 1. The van der Waals surface area contributed by atoms with E-state index in [0.29, 0.717) is 13.0 Å². The number of aliphatic hydroxyl groups excluding tert-OH is 1. The predicted molar refractivity (Wildman–Crippen MR) is 40.6 cm³/mol. The molecule has 0 saturated carbocycles. The first-order chi connectivity index (χ1) is 5.05. The zero-order chi connectivity index (χ0) is 8.48. The highest BCUT2D eigenvalue weighted by molar-refractivity contribution is 5.79. The summed E-state index contributed by atoms with van der Waals surface area (Å²) in [6.45, 7) is 4.31. The van der Waals surface area contributed by atoms with E-state index in [9.17, 15) is 4.79 Å². The van der Waals surface area contributed by atoms with Crippen molar-refractivity contribution in [2.24, 2.45) is 0 Å². The molecule has 0 aromatic carbocycles. The summed E-state index contributed by atoms with van der Waals surface area (Å²) in [5.74, 6) is 0.0593. The van der Waals surface area contributed by atoms with Crippen molar-refractivity contribution in [2.45, 2.75) is 25.8 Å². The summed E-state index contributed by atoms with van der Waals surface area (Å²) in [5, 5.41) is 10.1. The summed E-state index contributed by atoms with van der Waals surface area (Å²) in [6.07, 6.45) is 0.507. The van der Waals surface area contributed by atoms with Crippen molar-refractivity contribution in [3.05, 3.63) is 0 Å². The third-order valence-electron chi connectivity index (χ3n) is 1.66. The molecule has 1 heterocycles. The minimum Gasteiger partial charge on any atom is -0.394 e. The van der Waals surface area contributed by atoms with Crippen molar-refractivity contribution in [2.75, 3.05) is 13.2 Å². The Hall–Kier alpha value is -0.610. The van der Waals surface area contributed by atoms with E-state index < -0.39 is 0 Å². The van der Waals surface area contributed by atoms with Crippen LogP contribution < -0.4 is 5.43 Å². The Labute approximate surface area is 66.2 Å². The van der Waals surface area contributed by atoms with Gasteiger partial charge in [-0.25, -0.2) is 5.43 Å². The van der Waals surface area contributed by atoms with Gasteiger partial charge in [0.05, 0.1) is 13.2 Å². The lowest BCUT2D eigenvalue weighted by Gasteiger charge is -2.20. The molecule has 0 aliphatic carbocycles. The summed E-state index contributed by atoms with van der Waals surface area (Å²) >= 11 is 0. The van der Waals surface area contributed by atoms with Crippen molar-refractivity contribution >= 4 is 5.91 Å². The van der Waals surface area contributed by atoms with Gasteiger partial charge in [-0.1, -0.05) is 0 Å². The number of rotatable bonds is 2. The van der Waals surface area contributed by atoms with Crippen LogP contribution in [0, 0.1) is 0 Å². The van der Waals surface area contributed by atoms with Gasteiger partial charge in [-0.15, -0.1) is 0 Å². The molecule has 11 heavy (non-hydrogen) atoms. The normalized spacial score (nSPS) is 22.8. The zero-order valence-electron chi connectivity index (χ0n) is 6.92. The van der Waals surface area contributed by atoms with Gasteiger partial charge in [0.1, 0.15) is 0 Å². The SMILES string of the molecule is CC1(C)CC(=O)N(CCO)N1. The minimum atomic E-state index is -0.147. The number of amides is 1. The Morgan fingerprint density at radius 3 is 2.73 bits per heavy atom. The number of β-amino-alcohol motifs (C(OH)–C–C–N with tert-alkyl or cyclic N) is 1. The summed E-state index contributed by atoms with van der Waals surface area (Å²) < 4.78 is 0. The molecule has 1 aliphatic rings. The van der Waals surface area contributed by atoms with Crippen LogP contribution in [-0.2, 0) is 4.79 Å². The summed E-state index contributed by atoms with van der Waals surface area (Å²) in [5.41, 5.74) is 2.86. The highest BCUT2D eigenvalue weighted by atomic mass is 16.3. The molecule has 4 nitrogen and oxygen atoms in total. The molecule has 0 bridgehead atoms. The van der Waals surface area contributed by atoms with Crippen LogP contribution >= 0.6 is 0 Å². The van der Waals surface area contributed by atoms with E-state index in [4.69, 9.17) is 5.11 Å². The van der Waals surface area contributed by atoms with Gasteiger partial charge in [0.2, 0.25) is 5.91 Å². The summed E-state index contributed by atoms with van der Waals surface area (Å²) in [4.78, 5) is 11.1. The Balaban J connectivity index is 2.52. The molecule has 2 N–H and O–H groups in total. The maximum atomic E-state index is 11.1. The Bertz CT molecular complexity index is 168. The second-order valence-electron chi connectivity index (χ2n) is 3.44. The van der Waals surface area contributed by atoms with Gasteiger partial charge in [-0.3, -0.25) is 9.80 Å². The highest BCUT2D eigenvalue weighted by Crippen LogP contribution is 2.17. The number of nitrogens with zero attached hydrogens (tertiary/aromatic N) is 1. The monoisotopic (exact) mass is 158 g/mol. The molecule has 1 rings (SSSR count). The second-order valence-corrected chi connectivity index (χ2v) is 3.44. The molecule has 4 heteroatoms. The van der Waals surface area contributed by atoms with Crippen molar-refractivity contribution in [1.82, 2.24) is 10.4 Å². The topological polar surface area (TPSA) is 52.6 Å². The molecular weight excluding hydrogens is 144 g/mol. The fourth-order valence-corrected chi connectivity index (χ4v) is 1.22. The van der Waals surface area contributed by atoms with Gasteiger partial charge < -0.3 is 5.11 Å². The van der Waals surface area contributed by atoms with Crippen molar-refractivity contribution in [3.63, 3.8) is 0 Å². The van der Waals surface area contributed by atoms with Crippen molar-refractivity contribution < 1.29 is 9.90 Å². The average Bonchev–Trinajstić information content (AvgIpc) is 2.07. The third-order valence-corrected chi connectivity index (χ3v) is 1.66. The second kappa shape index (κ2) is 2.79. The number of hydrogen-bond donors (Lipinski definition) is 2. The molecule has 0 radical (unpaired) electrons. The van der Waals surface area contributed by atoms with Crippen LogP contribution in [0.1, 0.15) is 20.3 Å². The molecule has 0 aromatic heterocycles. The molecule has 0 aromatic rings. The fraction of sp³-hybridized carbons (Fsp3) is 0.857. The lowest BCUT2D eigenvalue weighted by Crippen LogP contribution is -2.43. The van der Waals surface area contributed by atoms with E-state index in [1.807, 2.05) is 13.8 Å². The zero-order valence-corrected chi connectivity index (χ0v) is 6.92. The maximum absolute atomic E-state index is 11.1. The molecule has 0 spiro atoms. The molecular formula is C7H14N2O2. The number of carbonyl (C=O) groups excluding carboxylic acids is 1. The first-order valence-corrected chi connectivity index (χ1v) is 3.74. The quantitative estimate of drug-likeness (QED) is 0.569. The molecule has 0 unspecified atom stereocenters. The Morgan fingerprint density at radius 2 is 2.36 bits per heavy atom. The van der Waals surface area contributed by atoms with Crippen LogP contribution in [0.25, 0.3) is 0 Å². The number of hydrogen-bond acceptors (Lipinski definition) is 3. The standard InChI is InChI=1S/C7H14N2O2/c1-7(2)5-6(11)9(8-7)3-4-10/h8,10H,3-5H2,1-2H3. The van der Waals surface area contributed by atoms with Gasteiger partial charge in [-0.05, 0) is 13.8 Å². The van der Waals surface area contributed by atoms with E-state index in [2.05, 4.69) is 5.43 Å². The summed E-state index contributed by atoms with van der Waals surface area (Å²) in [7, 11) is 0. The van der Waals surface area contributed by atoms with Gasteiger partial charge in [0.15, 0.2) is 0 Å². The number of aliphatic hydroxyl groups is 1. The fourth-order valence-electron chi connectivity index (χ4n) is 1.22. The molecule has 1 aliphatic heterocycles. The van der Waals surface area contributed by atoms with Gasteiger partial charge in [0, 0.05) is 12.0 Å². The van der Waals surface area contributed by atoms with E-state index in [1.165, 1.54) is 5.01 Å². The molecule has 1 saturated heterocycles. The Morgan fingerprint density at radius 1 is 1.73 bits per heavy atom. The van der Waals surface area contributed by atoms with Crippen LogP contribution in [0.3, 0.4) is 0 Å². The summed E-state index contributed by atoms with van der Waals surface area (Å²) in [6, 6.07) is 0. The third kappa shape index (κ3) is 1.91. The minimum absolute atomic E-state index is 0.00875. The van der Waals surface area contributed by atoms with Gasteiger partial charge in [0.25, 0.3) is 0 Å². The van der Waals surface area contributed by atoms with Crippen LogP contribution in [0.5, 0.6) is 0 Å². The van der Waals surface area contributed by atoms with E-state index >= 15 is 0 Å². The maximum Gasteiger partial charge on any atom is 0.238 e. The van der Waals surface area contributed by atoms with E-state index in [1.54, 1.807) is 0 Å². The molecule has 1 amide bonds. The van der Waals surface area contributed by atoms with Gasteiger partial charge >= 0.3 is 0 Å². The van der Waals surface area contributed by atoms with Crippen LogP contribution in [-0.4, -0.2) is 34.7 Å². The van der Waals surface area contributed by atoms with E-state index in [0.717, 1.165) is 0 Å².